The van der Waals surface area contributed by atoms with Crippen LogP contribution in [0.1, 0.15) is 23.6 Å². The summed E-state index contributed by atoms with van der Waals surface area (Å²) in [5, 5.41) is 19.2. The Hall–Kier alpha value is -1.20. The minimum atomic E-state index is -0.541. The average Bonchev–Trinajstić information content (AvgIpc) is 2.86. The Morgan fingerprint density at radius 1 is 1.60 bits per heavy atom. The molecular weight excluding hydrogens is 210 g/mol. The van der Waals surface area contributed by atoms with E-state index in [1.54, 1.807) is 29.1 Å². The molecule has 5 heteroatoms. The van der Waals surface area contributed by atoms with E-state index in [4.69, 9.17) is 0 Å². The van der Waals surface area contributed by atoms with Crippen molar-refractivity contribution < 1.29 is 5.11 Å². The van der Waals surface area contributed by atoms with Gasteiger partial charge in [-0.25, -0.2) is 0 Å². The van der Waals surface area contributed by atoms with Crippen molar-refractivity contribution in [3.8, 4) is 0 Å². The molecule has 0 fully saturated rings. The van der Waals surface area contributed by atoms with E-state index >= 15 is 0 Å². The topological polar surface area (TPSA) is 50.9 Å². The summed E-state index contributed by atoms with van der Waals surface area (Å²) in [4.78, 5) is 1.34. The minimum absolute atomic E-state index is 0.541. The monoisotopic (exact) mass is 223 g/mol. The van der Waals surface area contributed by atoms with E-state index in [9.17, 15) is 5.11 Å². The van der Waals surface area contributed by atoms with Crippen LogP contribution >= 0.6 is 11.3 Å². The van der Waals surface area contributed by atoms with Gasteiger partial charge in [-0.05, 0) is 18.4 Å². The number of aliphatic hydroxyl groups is 1. The molecular formula is C10H13N3OS. The highest BCUT2D eigenvalue weighted by atomic mass is 32.1. The third kappa shape index (κ3) is 2.64. The van der Waals surface area contributed by atoms with Crippen molar-refractivity contribution in [1.29, 1.82) is 0 Å². The number of nitrogens with zero attached hydrogens (tertiary/aromatic N) is 3. The van der Waals surface area contributed by atoms with Crippen molar-refractivity contribution in [1.82, 2.24) is 15.0 Å². The maximum atomic E-state index is 9.28. The molecule has 80 valence electrons. The molecule has 2 aromatic rings. The SMILES string of the molecule is CC(O)c1cn(CCc2cccs2)nn1. The number of aryl methyl sites for hydroxylation is 2. The number of hydrogen-bond acceptors (Lipinski definition) is 4. The zero-order valence-corrected chi connectivity index (χ0v) is 9.31. The van der Waals surface area contributed by atoms with Crippen LogP contribution in [0, 0.1) is 0 Å². The van der Waals surface area contributed by atoms with E-state index in [-0.39, 0.29) is 0 Å². The zero-order chi connectivity index (χ0) is 10.7. The molecule has 0 saturated carbocycles. The van der Waals surface area contributed by atoms with Crippen LogP contribution in [-0.2, 0) is 13.0 Å². The Morgan fingerprint density at radius 2 is 2.47 bits per heavy atom. The van der Waals surface area contributed by atoms with E-state index in [1.165, 1.54) is 4.88 Å². The molecule has 2 aromatic heterocycles. The summed E-state index contributed by atoms with van der Waals surface area (Å²) in [6.07, 6.45) is 2.21. The molecule has 1 unspecified atom stereocenters. The van der Waals surface area contributed by atoms with Gasteiger partial charge in [0.15, 0.2) is 0 Å². The van der Waals surface area contributed by atoms with Crippen molar-refractivity contribution >= 4 is 11.3 Å². The highest BCUT2D eigenvalue weighted by Crippen LogP contribution is 2.11. The van der Waals surface area contributed by atoms with Crippen molar-refractivity contribution in [3.05, 3.63) is 34.3 Å². The fraction of sp³-hybridized carbons (Fsp3) is 0.400. The van der Waals surface area contributed by atoms with Crippen molar-refractivity contribution in [2.45, 2.75) is 26.0 Å². The quantitative estimate of drug-likeness (QED) is 0.857. The summed E-state index contributed by atoms with van der Waals surface area (Å²) in [7, 11) is 0. The van der Waals surface area contributed by atoms with Crippen LogP contribution in [0.25, 0.3) is 0 Å². The number of thiophene rings is 1. The third-order valence-corrected chi connectivity index (χ3v) is 3.09. The molecule has 0 spiro atoms. The summed E-state index contributed by atoms with van der Waals surface area (Å²) in [5.41, 5.74) is 0.626. The predicted octanol–water partition coefficient (Wildman–Crippen LogP) is 1.64. The normalized spacial score (nSPS) is 12.9. The van der Waals surface area contributed by atoms with Crippen molar-refractivity contribution in [3.63, 3.8) is 0 Å². The molecule has 0 aliphatic rings. The van der Waals surface area contributed by atoms with Crippen molar-refractivity contribution in [2.75, 3.05) is 0 Å². The van der Waals surface area contributed by atoms with Gasteiger partial charge in [-0.15, -0.1) is 16.4 Å². The molecule has 0 aromatic carbocycles. The molecule has 0 amide bonds. The fourth-order valence-electron chi connectivity index (χ4n) is 1.29. The van der Waals surface area contributed by atoms with Crippen LogP contribution in [-0.4, -0.2) is 20.1 Å². The molecule has 4 nitrogen and oxygen atoms in total. The van der Waals surface area contributed by atoms with Gasteiger partial charge in [-0.1, -0.05) is 11.3 Å². The van der Waals surface area contributed by atoms with Gasteiger partial charge in [0.1, 0.15) is 5.69 Å². The van der Waals surface area contributed by atoms with Crippen LogP contribution < -0.4 is 0 Å². The second kappa shape index (κ2) is 4.55. The van der Waals surface area contributed by atoms with Gasteiger partial charge in [0, 0.05) is 17.8 Å². The van der Waals surface area contributed by atoms with Gasteiger partial charge in [0.2, 0.25) is 0 Å². The Bertz CT molecular complexity index is 408. The summed E-state index contributed by atoms with van der Waals surface area (Å²) in [6.45, 7) is 2.49. The van der Waals surface area contributed by atoms with Crippen LogP contribution in [0.3, 0.4) is 0 Å². The van der Waals surface area contributed by atoms with E-state index in [1.807, 2.05) is 6.07 Å². The first-order valence-corrected chi connectivity index (χ1v) is 5.74. The maximum Gasteiger partial charge on any atom is 0.111 e. The number of aromatic nitrogens is 3. The number of rotatable bonds is 4. The first-order chi connectivity index (χ1) is 7.25. The van der Waals surface area contributed by atoms with Gasteiger partial charge >= 0.3 is 0 Å². The number of hydrogen-bond donors (Lipinski definition) is 1. The lowest BCUT2D eigenvalue weighted by atomic mass is 10.3. The lowest BCUT2D eigenvalue weighted by Gasteiger charge is -1.98. The van der Waals surface area contributed by atoms with Crippen LogP contribution in [0.5, 0.6) is 0 Å². The first-order valence-electron chi connectivity index (χ1n) is 4.86. The second-order valence-electron chi connectivity index (χ2n) is 3.41. The van der Waals surface area contributed by atoms with Crippen LogP contribution in [0.2, 0.25) is 0 Å². The maximum absolute atomic E-state index is 9.28. The third-order valence-electron chi connectivity index (χ3n) is 2.15. The van der Waals surface area contributed by atoms with Gasteiger partial charge in [0.05, 0.1) is 12.3 Å². The lowest BCUT2D eigenvalue weighted by Crippen LogP contribution is -2.00. The molecule has 0 radical (unpaired) electrons. The molecule has 15 heavy (non-hydrogen) atoms. The smallest absolute Gasteiger partial charge is 0.111 e. The van der Waals surface area contributed by atoms with Crippen LogP contribution in [0.4, 0.5) is 0 Å². The Balaban J connectivity index is 1.94. The largest absolute Gasteiger partial charge is 0.387 e. The summed E-state index contributed by atoms with van der Waals surface area (Å²) in [5.74, 6) is 0. The predicted molar refractivity (Wildman–Crippen MR) is 58.7 cm³/mol. The van der Waals surface area contributed by atoms with Crippen molar-refractivity contribution in [2.24, 2.45) is 0 Å². The molecule has 0 saturated heterocycles. The van der Waals surface area contributed by atoms with Gasteiger partial charge < -0.3 is 5.11 Å². The molecule has 2 heterocycles. The second-order valence-corrected chi connectivity index (χ2v) is 4.44. The minimum Gasteiger partial charge on any atom is -0.387 e. The zero-order valence-electron chi connectivity index (χ0n) is 8.50. The average molecular weight is 223 g/mol. The Kier molecular flexibility index (Phi) is 3.13. The molecule has 1 N–H and O–H groups in total. The van der Waals surface area contributed by atoms with Gasteiger partial charge in [-0.3, -0.25) is 4.68 Å². The summed E-state index contributed by atoms with van der Waals surface area (Å²) < 4.78 is 1.77. The molecule has 0 bridgehead atoms. The molecule has 2 rings (SSSR count). The van der Waals surface area contributed by atoms with E-state index in [2.05, 4.69) is 21.8 Å². The molecule has 1 atom stereocenters. The van der Waals surface area contributed by atoms with Crippen LogP contribution in [0.15, 0.2) is 23.7 Å². The number of aliphatic hydroxyl groups excluding tert-OH is 1. The van der Waals surface area contributed by atoms with Gasteiger partial charge in [-0.2, -0.15) is 0 Å². The fourth-order valence-corrected chi connectivity index (χ4v) is 1.99. The molecule has 0 aliphatic heterocycles. The van der Waals surface area contributed by atoms with E-state index < -0.39 is 6.10 Å². The first kappa shape index (κ1) is 10.3. The Morgan fingerprint density at radius 3 is 3.07 bits per heavy atom. The highest BCUT2D eigenvalue weighted by molar-refractivity contribution is 7.09. The summed E-state index contributed by atoms with van der Waals surface area (Å²) in [6, 6.07) is 4.15. The molecule has 0 aliphatic carbocycles. The van der Waals surface area contributed by atoms with Gasteiger partial charge in [0.25, 0.3) is 0 Å². The Labute approximate surface area is 92.2 Å². The summed E-state index contributed by atoms with van der Waals surface area (Å²) >= 11 is 1.74. The highest BCUT2D eigenvalue weighted by Gasteiger charge is 2.05. The lowest BCUT2D eigenvalue weighted by molar-refractivity contribution is 0.194. The van der Waals surface area contributed by atoms with E-state index in [0.29, 0.717) is 5.69 Å². The standard InChI is InChI=1S/C10H13N3OS/c1-8(14)10-7-13(12-11-10)5-4-9-3-2-6-15-9/h2-3,6-8,14H,4-5H2,1H3. The van der Waals surface area contributed by atoms with E-state index in [0.717, 1.165) is 13.0 Å².